The van der Waals surface area contributed by atoms with Gasteiger partial charge in [0.05, 0.1) is 6.10 Å². The van der Waals surface area contributed by atoms with E-state index < -0.39 is 0 Å². The summed E-state index contributed by atoms with van der Waals surface area (Å²) in [4.78, 5) is 4.02. The molecule has 1 aromatic carbocycles. The summed E-state index contributed by atoms with van der Waals surface area (Å²) < 4.78 is 0. The summed E-state index contributed by atoms with van der Waals surface area (Å²) >= 11 is 0. The molecule has 3 N–H and O–H groups in total. The molecule has 3 nitrogen and oxygen atoms in total. The Morgan fingerprint density at radius 2 is 1.86 bits per heavy atom. The van der Waals surface area contributed by atoms with Gasteiger partial charge < -0.3 is 10.8 Å². The van der Waals surface area contributed by atoms with Gasteiger partial charge in [0.15, 0.2) is 0 Å². The quantitative estimate of drug-likeness (QED) is 0.906. The van der Waals surface area contributed by atoms with Gasteiger partial charge in [0.1, 0.15) is 5.82 Å². The first-order chi connectivity index (χ1) is 10.2. The summed E-state index contributed by atoms with van der Waals surface area (Å²) in [6, 6.07) is 14.2. The van der Waals surface area contributed by atoms with Crippen molar-refractivity contribution in [1.29, 1.82) is 0 Å². The summed E-state index contributed by atoms with van der Waals surface area (Å²) in [5.74, 6) is 0.514. The van der Waals surface area contributed by atoms with Crippen LogP contribution in [-0.4, -0.2) is 16.2 Å². The first kappa shape index (κ1) is 14.1. The molecule has 1 aromatic heterocycles. The van der Waals surface area contributed by atoms with E-state index in [1.54, 1.807) is 6.20 Å². The number of aliphatic hydroxyl groups excluding tert-OH is 1. The number of rotatable bonds is 4. The maximum absolute atomic E-state index is 10.9. The zero-order chi connectivity index (χ0) is 14.7. The van der Waals surface area contributed by atoms with Gasteiger partial charge in [0.2, 0.25) is 0 Å². The number of aliphatic hydroxyl groups is 1. The van der Waals surface area contributed by atoms with Crippen LogP contribution in [0.1, 0.15) is 36.8 Å². The Hall–Kier alpha value is -1.87. The Morgan fingerprint density at radius 3 is 2.52 bits per heavy atom. The Bertz CT molecular complexity index is 591. The number of hydrogen-bond donors (Lipinski definition) is 2. The van der Waals surface area contributed by atoms with Crippen LogP contribution in [0.2, 0.25) is 0 Å². The van der Waals surface area contributed by atoms with Crippen LogP contribution >= 0.6 is 0 Å². The van der Waals surface area contributed by atoms with E-state index in [2.05, 4.69) is 29.2 Å². The van der Waals surface area contributed by atoms with E-state index in [0.29, 0.717) is 12.2 Å². The minimum atomic E-state index is -0.385. The minimum absolute atomic E-state index is 0.112. The van der Waals surface area contributed by atoms with Crippen molar-refractivity contribution in [2.75, 3.05) is 5.73 Å². The van der Waals surface area contributed by atoms with Gasteiger partial charge in [0, 0.05) is 11.6 Å². The van der Waals surface area contributed by atoms with Crippen molar-refractivity contribution >= 4 is 5.82 Å². The summed E-state index contributed by atoms with van der Waals surface area (Å²) in [5.41, 5.74) is 7.94. The Balaban J connectivity index is 1.87. The van der Waals surface area contributed by atoms with Crippen molar-refractivity contribution in [3.63, 3.8) is 0 Å². The maximum Gasteiger partial charge on any atom is 0.123 e. The van der Waals surface area contributed by atoms with Gasteiger partial charge in [-0.1, -0.05) is 43.2 Å². The number of hydrogen-bond acceptors (Lipinski definition) is 3. The lowest BCUT2D eigenvalue weighted by Gasteiger charge is -2.35. The molecule has 110 valence electrons. The fourth-order valence-corrected chi connectivity index (χ4v) is 3.63. The molecule has 0 bridgehead atoms. The number of nitrogen functional groups attached to an aromatic ring is 1. The van der Waals surface area contributed by atoms with E-state index in [-0.39, 0.29) is 11.5 Å². The summed E-state index contributed by atoms with van der Waals surface area (Å²) in [7, 11) is 0. The predicted octanol–water partition coefficient (Wildman–Crippen LogP) is 3.08. The molecule has 2 aromatic rings. The molecule has 3 rings (SSSR count). The zero-order valence-electron chi connectivity index (χ0n) is 12.2. The second kappa shape index (κ2) is 5.86. The standard InChI is InChI=1S/C18H22N2O/c19-17-13-14(8-11-20-17)12-16(21)18(9-4-5-10-18)15-6-2-1-3-7-15/h1-3,6-8,11,13,16,21H,4-5,9-10,12H2,(H2,19,20). The minimum Gasteiger partial charge on any atom is -0.392 e. The molecule has 1 aliphatic rings. The van der Waals surface area contributed by atoms with Crippen molar-refractivity contribution in [3.8, 4) is 0 Å². The van der Waals surface area contributed by atoms with E-state index in [1.165, 1.54) is 18.4 Å². The fraction of sp³-hybridized carbons (Fsp3) is 0.389. The predicted molar refractivity (Wildman–Crippen MR) is 84.9 cm³/mol. The average Bonchev–Trinajstić information content (AvgIpc) is 2.99. The SMILES string of the molecule is Nc1cc(CC(O)C2(c3ccccc3)CCCC2)ccn1. The van der Waals surface area contributed by atoms with Crippen molar-refractivity contribution in [2.24, 2.45) is 0 Å². The summed E-state index contributed by atoms with van der Waals surface area (Å²) in [6.07, 6.45) is 6.43. The average molecular weight is 282 g/mol. The molecule has 1 aliphatic carbocycles. The Morgan fingerprint density at radius 1 is 1.14 bits per heavy atom. The van der Waals surface area contributed by atoms with Gasteiger partial charge >= 0.3 is 0 Å². The first-order valence-electron chi connectivity index (χ1n) is 7.65. The van der Waals surface area contributed by atoms with E-state index in [1.807, 2.05) is 18.2 Å². The lowest BCUT2D eigenvalue weighted by atomic mass is 9.72. The van der Waals surface area contributed by atoms with E-state index in [0.717, 1.165) is 18.4 Å². The molecule has 1 saturated carbocycles. The molecule has 0 aliphatic heterocycles. The van der Waals surface area contributed by atoms with Crippen LogP contribution in [0.4, 0.5) is 5.82 Å². The monoisotopic (exact) mass is 282 g/mol. The van der Waals surface area contributed by atoms with Crippen LogP contribution in [0.5, 0.6) is 0 Å². The van der Waals surface area contributed by atoms with E-state index >= 15 is 0 Å². The number of benzene rings is 1. The Kier molecular flexibility index (Phi) is 3.93. The molecule has 1 heterocycles. The number of nitrogens with two attached hydrogens (primary N) is 1. The van der Waals surface area contributed by atoms with Gasteiger partial charge in [-0.2, -0.15) is 0 Å². The van der Waals surface area contributed by atoms with Crippen LogP contribution in [0.25, 0.3) is 0 Å². The van der Waals surface area contributed by atoms with Crippen LogP contribution in [-0.2, 0) is 11.8 Å². The summed E-state index contributed by atoms with van der Waals surface area (Å²) in [6.45, 7) is 0. The smallest absolute Gasteiger partial charge is 0.123 e. The molecule has 0 spiro atoms. The molecule has 1 unspecified atom stereocenters. The van der Waals surface area contributed by atoms with Crippen LogP contribution in [0, 0.1) is 0 Å². The number of anilines is 1. The molecule has 21 heavy (non-hydrogen) atoms. The number of nitrogens with zero attached hydrogens (tertiary/aromatic N) is 1. The topological polar surface area (TPSA) is 59.1 Å². The van der Waals surface area contributed by atoms with Gasteiger partial charge in [-0.25, -0.2) is 4.98 Å². The second-order valence-corrected chi connectivity index (χ2v) is 6.04. The normalized spacial score (nSPS) is 18.5. The van der Waals surface area contributed by atoms with Crippen molar-refractivity contribution < 1.29 is 5.11 Å². The largest absolute Gasteiger partial charge is 0.392 e. The number of aromatic nitrogens is 1. The molecular weight excluding hydrogens is 260 g/mol. The van der Waals surface area contributed by atoms with Crippen molar-refractivity contribution in [2.45, 2.75) is 43.6 Å². The molecule has 1 fully saturated rings. The van der Waals surface area contributed by atoms with E-state index in [9.17, 15) is 5.11 Å². The van der Waals surface area contributed by atoms with Crippen LogP contribution in [0.15, 0.2) is 48.7 Å². The summed E-state index contributed by atoms with van der Waals surface area (Å²) in [5, 5.41) is 10.9. The lowest BCUT2D eigenvalue weighted by molar-refractivity contribution is 0.0825. The van der Waals surface area contributed by atoms with Gasteiger partial charge in [-0.15, -0.1) is 0 Å². The number of pyridine rings is 1. The molecule has 0 amide bonds. The second-order valence-electron chi connectivity index (χ2n) is 6.04. The van der Waals surface area contributed by atoms with Gasteiger partial charge in [-0.3, -0.25) is 0 Å². The van der Waals surface area contributed by atoms with Crippen LogP contribution < -0.4 is 5.73 Å². The highest BCUT2D eigenvalue weighted by Gasteiger charge is 2.41. The lowest BCUT2D eigenvalue weighted by Crippen LogP contribution is -2.38. The zero-order valence-corrected chi connectivity index (χ0v) is 12.2. The highest BCUT2D eigenvalue weighted by atomic mass is 16.3. The molecule has 0 saturated heterocycles. The molecule has 1 atom stereocenters. The molecule has 3 heteroatoms. The van der Waals surface area contributed by atoms with Gasteiger partial charge in [-0.05, 0) is 42.5 Å². The third kappa shape index (κ3) is 2.79. The highest BCUT2D eigenvalue weighted by Crippen LogP contribution is 2.44. The Labute approximate surface area is 125 Å². The van der Waals surface area contributed by atoms with Crippen molar-refractivity contribution in [3.05, 3.63) is 59.8 Å². The molecule has 0 radical (unpaired) electrons. The maximum atomic E-state index is 10.9. The third-order valence-electron chi connectivity index (χ3n) is 4.76. The van der Waals surface area contributed by atoms with Crippen molar-refractivity contribution in [1.82, 2.24) is 4.98 Å². The highest BCUT2D eigenvalue weighted by molar-refractivity contribution is 5.34. The first-order valence-corrected chi connectivity index (χ1v) is 7.65. The third-order valence-corrected chi connectivity index (χ3v) is 4.76. The van der Waals surface area contributed by atoms with E-state index in [4.69, 9.17) is 5.73 Å². The van der Waals surface area contributed by atoms with Crippen LogP contribution in [0.3, 0.4) is 0 Å². The fourth-order valence-electron chi connectivity index (χ4n) is 3.63. The molecular formula is C18H22N2O. The van der Waals surface area contributed by atoms with Gasteiger partial charge in [0.25, 0.3) is 0 Å².